The molecule has 1 atom stereocenters. The van der Waals surface area contributed by atoms with Gasteiger partial charge in [0.2, 0.25) is 0 Å². The molecule has 1 heteroatoms. The van der Waals surface area contributed by atoms with Crippen LogP contribution in [0.5, 0.6) is 0 Å². The summed E-state index contributed by atoms with van der Waals surface area (Å²) < 4.78 is 0. The Hall–Kier alpha value is -0.820. The maximum atomic E-state index is 3.41. The predicted molar refractivity (Wildman–Crippen MR) is 55.8 cm³/mol. The summed E-state index contributed by atoms with van der Waals surface area (Å²) >= 11 is 0. The van der Waals surface area contributed by atoms with Crippen molar-refractivity contribution in [3.8, 4) is 0 Å². The molecule has 70 valence electrons. The molecule has 1 fully saturated rings. The lowest BCUT2D eigenvalue weighted by Gasteiger charge is -2.28. The molecule has 1 aliphatic heterocycles. The van der Waals surface area contributed by atoms with E-state index in [1.54, 1.807) is 0 Å². The standard InChI is InChI=1S/C12H17N/c1-2-3-10-4-6-11(7-5-10)12-8-9-13-12/h4-7,12-13H,2-3,8-9H2,1H3/t12-/m0/s1. The summed E-state index contributed by atoms with van der Waals surface area (Å²) in [6, 6.07) is 9.69. The second-order valence-electron chi connectivity index (χ2n) is 3.79. The quantitative estimate of drug-likeness (QED) is 0.744. The van der Waals surface area contributed by atoms with Crippen LogP contribution in [0.3, 0.4) is 0 Å². The molecule has 2 rings (SSSR count). The fourth-order valence-corrected chi connectivity index (χ4v) is 1.78. The predicted octanol–water partition coefficient (Wildman–Crippen LogP) is 2.67. The Morgan fingerprint density at radius 1 is 1.31 bits per heavy atom. The van der Waals surface area contributed by atoms with Crippen molar-refractivity contribution in [1.82, 2.24) is 5.32 Å². The second kappa shape index (κ2) is 3.93. The molecule has 0 aliphatic carbocycles. The van der Waals surface area contributed by atoms with E-state index in [-0.39, 0.29) is 0 Å². The molecular formula is C12H17N. The van der Waals surface area contributed by atoms with Crippen LogP contribution in [0.25, 0.3) is 0 Å². The van der Waals surface area contributed by atoms with E-state index in [1.165, 1.54) is 36.9 Å². The highest BCUT2D eigenvalue weighted by molar-refractivity contribution is 5.26. The molecule has 0 bridgehead atoms. The number of rotatable bonds is 3. The maximum absolute atomic E-state index is 3.41. The van der Waals surface area contributed by atoms with Gasteiger partial charge in [0.1, 0.15) is 0 Å². The van der Waals surface area contributed by atoms with E-state index in [0.717, 1.165) is 0 Å². The number of hydrogen-bond donors (Lipinski definition) is 1. The van der Waals surface area contributed by atoms with Crippen molar-refractivity contribution in [3.63, 3.8) is 0 Å². The van der Waals surface area contributed by atoms with Crippen LogP contribution in [0.4, 0.5) is 0 Å². The van der Waals surface area contributed by atoms with Crippen molar-refractivity contribution in [2.75, 3.05) is 6.54 Å². The smallest absolute Gasteiger partial charge is 0.0332 e. The van der Waals surface area contributed by atoms with Crippen molar-refractivity contribution in [3.05, 3.63) is 35.4 Å². The van der Waals surface area contributed by atoms with Gasteiger partial charge in [0.25, 0.3) is 0 Å². The van der Waals surface area contributed by atoms with Gasteiger partial charge in [-0.3, -0.25) is 0 Å². The monoisotopic (exact) mass is 175 g/mol. The molecule has 1 aromatic carbocycles. The molecule has 1 aliphatic rings. The first-order valence-electron chi connectivity index (χ1n) is 5.22. The molecule has 0 spiro atoms. The third kappa shape index (κ3) is 1.92. The highest BCUT2D eigenvalue weighted by Gasteiger charge is 2.17. The van der Waals surface area contributed by atoms with Gasteiger partial charge in [0.15, 0.2) is 0 Å². The van der Waals surface area contributed by atoms with Gasteiger partial charge < -0.3 is 5.32 Å². The Kier molecular flexibility index (Phi) is 2.65. The van der Waals surface area contributed by atoms with Crippen molar-refractivity contribution in [2.24, 2.45) is 0 Å². The Labute approximate surface area is 80.2 Å². The van der Waals surface area contributed by atoms with Gasteiger partial charge in [-0.15, -0.1) is 0 Å². The first kappa shape index (κ1) is 8.76. The van der Waals surface area contributed by atoms with Crippen LogP contribution < -0.4 is 5.32 Å². The molecule has 1 aromatic rings. The summed E-state index contributed by atoms with van der Waals surface area (Å²) in [6.45, 7) is 3.41. The van der Waals surface area contributed by atoms with Crippen molar-refractivity contribution in [2.45, 2.75) is 32.2 Å². The van der Waals surface area contributed by atoms with Gasteiger partial charge >= 0.3 is 0 Å². The molecule has 13 heavy (non-hydrogen) atoms. The number of benzene rings is 1. The molecule has 1 N–H and O–H groups in total. The average Bonchev–Trinajstić information content (AvgIpc) is 2.06. The van der Waals surface area contributed by atoms with E-state index in [4.69, 9.17) is 0 Å². The summed E-state index contributed by atoms with van der Waals surface area (Å²) in [5.41, 5.74) is 2.91. The van der Waals surface area contributed by atoms with Crippen LogP contribution >= 0.6 is 0 Å². The Balaban J connectivity index is 2.04. The SMILES string of the molecule is CCCc1ccc([C@@H]2CCN2)cc1. The molecule has 0 amide bonds. The van der Waals surface area contributed by atoms with Crippen LogP contribution in [0, 0.1) is 0 Å². The lowest BCUT2D eigenvalue weighted by atomic mass is 9.96. The van der Waals surface area contributed by atoms with E-state index in [2.05, 4.69) is 36.5 Å². The molecule has 1 saturated heterocycles. The molecule has 0 aromatic heterocycles. The Morgan fingerprint density at radius 3 is 2.46 bits per heavy atom. The molecule has 0 saturated carbocycles. The minimum atomic E-state index is 0.635. The lowest BCUT2D eigenvalue weighted by molar-refractivity contribution is 0.383. The number of hydrogen-bond acceptors (Lipinski definition) is 1. The van der Waals surface area contributed by atoms with E-state index >= 15 is 0 Å². The molecular weight excluding hydrogens is 158 g/mol. The van der Waals surface area contributed by atoms with Crippen LogP contribution in [0.2, 0.25) is 0 Å². The van der Waals surface area contributed by atoms with Crippen LogP contribution in [-0.2, 0) is 6.42 Å². The summed E-state index contributed by atoms with van der Waals surface area (Å²) in [5, 5.41) is 3.41. The molecule has 0 radical (unpaired) electrons. The van der Waals surface area contributed by atoms with E-state index < -0.39 is 0 Å². The maximum Gasteiger partial charge on any atom is 0.0332 e. The summed E-state index contributed by atoms with van der Waals surface area (Å²) in [4.78, 5) is 0. The summed E-state index contributed by atoms with van der Waals surface area (Å²) in [5.74, 6) is 0. The highest BCUT2D eigenvalue weighted by atomic mass is 15.0. The summed E-state index contributed by atoms with van der Waals surface area (Å²) in [6.07, 6.45) is 3.74. The first-order chi connectivity index (χ1) is 6.40. The first-order valence-corrected chi connectivity index (χ1v) is 5.22. The fourth-order valence-electron chi connectivity index (χ4n) is 1.78. The van der Waals surface area contributed by atoms with E-state index in [9.17, 15) is 0 Å². The third-order valence-corrected chi connectivity index (χ3v) is 2.74. The summed E-state index contributed by atoms with van der Waals surface area (Å²) in [7, 11) is 0. The van der Waals surface area contributed by atoms with Gasteiger partial charge in [0, 0.05) is 6.04 Å². The van der Waals surface area contributed by atoms with E-state index in [1.807, 2.05) is 0 Å². The largest absolute Gasteiger partial charge is 0.310 e. The Bertz CT molecular complexity index is 259. The second-order valence-corrected chi connectivity index (χ2v) is 3.79. The van der Waals surface area contributed by atoms with Gasteiger partial charge in [0.05, 0.1) is 0 Å². The van der Waals surface area contributed by atoms with Gasteiger partial charge in [-0.1, -0.05) is 37.6 Å². The third-order valence-electron chi connectivity index (χ3n) is 2.74. The van der Waals surface area contributed by atoms with Gasteiger partial charge in [-0.25, -0.2) is 0 Å². The zero-order valence-corrected chi connectivity index (χ0v) is 8.22. The van der Waals surface area contributed by atoms with Gasteiger partial charge in [-0.2, -0.15) is 0 Å². The zero-order valence-electron chi connectivity index (χ0n) is 8.22. The molecule has 1 nitrogen and oxygen atoms in total. The van der Waals surface area contributed by atoms with Crippen LogP contribution in [0.15, 0.2) is 24.3 Å². The van der Waals surface area contributed by atoms with Crippen molar-refractivity contribution in [1.29, 1.82) is 0 Å². The topological polar surface area (TPSA) is 12.0 Å². The fraction of sp³-hybridized carbons (Fsp3) is 0.500. The number of nitrogens with one attached hydrogen (secondary N) is 1. The molecule has 1 heterocycles. The Morgan fingerprint density at radius 2 is 2.00 bits per heavy atom. The van der Waals surface area contributed by atoms with Crippen LogP contribution in [-0.4, -0.2) is 6.54 Å². The van der Waals surface area contributed by atoms with Crippen molar-refractivity contribution >= 4 is 0 Å². The van der Waals surface area contributed by atoms with E-state index in [0.29, 0.717) is 6.04 Å². The zero-order chi connectivity index (χ0) is 9.10. The van der Waals surface area contributed by atoms with Crippen LogP contribution in [0.1, 0.15) is 36.9 Å². The lowest BCUT2D eigenvalue weighted by Crippen LogP contribution is -2.34. The normalized spacial score (nSPS) is 21.2. The molecule has 0 unspecified atom stereocenters. The number of aryl methyl sites for hydroxylation is 1. The highest BCUT2D eigenvalue weighted by Crippen LogP contribution is 2.22. The minimum Gasteiger partial charge on any atom is -0.310 e. The van der Waals surface area contributed by atoms with Crippen molar-refractivity contribution < 1.29 is 0 Å². The average molecular weight is 175 g/mol. The minimum absolute atomic E-state index is 0.635. The van der Waals surface area contributed by atoms with Gasteiger partial charge in [-0.05, 0) is 30.5 Å².